The topological polar surface area (TPSA) is 0 Å². The van der Waals surface area contributed by atoms with E-state index in [2.05, 4.69) is 185 Å². The van der Waals surface area contributed by atoms with Gasteiger partial charge in [-0.15, -0.1) is 0 Å². The fourth-order valence-corrected chi connectivity index (χ4v) is 15.0. The molecule has 3 atom stereocenters. The zero-order chi connectivity index (χ0) is 22.1. The van der Waals surface area contributed by atoms with E-state index in [4.69, 9.17) is 0 Å². The fourth-order valence-electron chi connectivity index (χ4n) is 5.78. The Kier molecular flexibility index (Phi) is 7.72. The van der Waals surface area contributed by atoms with Gasteiger partial charge in [-0.25, -0.2) is 0 Å². The Balaban J connectivity index is 2.56. The second-order valence-corrected chi connectivity index (χ2v) is 20.5. The zero-order valence-corrected chi connectivity index (χ0v) is 28.9. The van der Waals surface area contributed by atoms with E-state index in [1.165, 1.54) is 11.1 Å². The Labute approximate surface area is 241 Å². The van der Waals surface area contributed by atoms with Gasteiger partial charge in [-0.1, -0.05) is 185 Å². The molecule has 0 aliphatic heterocycles. The van der Waals surface area contributed by atoms with Crippen molar-refractivity contribution < 1.29 is 0 Å². The molecule has 0 N–H and O–H groups in total. The number of rotatable bonds is 4. The molecule has 0 bridgehead atoms. The highest BCUT2D eigenvalue weighted by Gasteiger charge is 2.84. The van der Waals surface area contributed by atoms with E-state index >= 15 is 0 Å². The maximum absolute atomic E-state index is 4.30. The van der Waals surface area contributed by atoms with Crippen LogP contribution < -0.4 is 0 Å². The maximum atomic E-state index is 4.30. The highest BCUT2D eigenvalue weighted by molar-refractivity contribution is 9.31. The van der Waals surface area contributed by atoms with E-state index in [1.807, 2.05) is 0 Å². The van der Waals surface area contributed by atoms with Gasteiger partial charge in [0.05, 0.1) is 4.83 Å². The summed E-state index contributed by atoms with van der Waals surface area (Å²) in [6, 6.07) is 11.0. The number of allylic oxidation sites excluding steroid dienone is 2. The van der Waals surface area contributed by atoms with E-state index in [-0.39, 0.29) is 15.7 Å². The highest BCUT2D eigenvalue weighted by Crippen LogP contribution is 2.84. The third-order valence-electron chi connectivity index (χ3n) is 7.20. The van der Waals surface area contributed by atoms with Crippen molar-refractivity contribution in [1.29, 1.82) is 0 Å². The molecule has 0 aromatic heterocycles. The van der Waals surface area contributed by atoms with Crippen LogP contribution in [-0.2, 0) is 5.41 Å². The lowest BCUT2D eigenvalue weighted by Gasteiger charge is -2.55. The summed E-state index contributed by atoms with van der Waals surface area (Å²) < 4.78 is -2.02. The van der Waals surface area contributed by atoms with E-state index in [0.29, 0.717) is 0 Å². The number of alkyl halides is 8. The molecule has 0 nitrogen and oxygen atoms in total. The van der Waals surface area contributed by atoms with Gasteiger partial charge in [-0.3, -0.25) is 0 Å². The van der Waals surface area contributed by atoms with Crippen molar-refractivity contribution in [1.82, 2.24) is 0 Å². The number of hydrogen-bond acceptors (Lipinski definition) is 0. The smallest absolute Gasteiger partial charge is 0.0820 e. The van der Waals surface area contributed by atoms with Gasteiger partial charge in [0.2, 0.25) is 0 Å². The van der Waals surface area contributed by atoms with Crippen molar-refractivity contribution in [2.24, 2.45) is 5.41 Å². The van der Waals surface area contributed by atoms with Crippen LogP contribution in [0.2, 0.25) is 0 Å². The minimum Gasteiger partial charge on any atom is -0.0820 e. The summed E-state index contributed by atoms with van der Waals surface area (Å²) in [4.78, 5) is 0.0457. The van der Waals surface area contributed by atoms with Crippen LogP contribution in [0.5, 0.6) is 0 Å². The Morgan fingerprint density at radius 3 is 1.72 bits per heavy atom. The van der Waals surface area contributed by atoms with Gasteiger partial charge < -0.3 is 0 Å². The predicted octanol–water partition coefficient (Wildman–Crippen LogP) is 10.4. The second-order valence-electron chi connectivity index (χ2n) is 7.83. The normalized spacial score (nSPS) is 36.4. The van der Waals surface area contributed by atoms with Gasteiger partial charge in [0, 0.05) is 10.8 Å². The molecule has 0 saturated heterocycles. The molecule has 0 amide bonds. The molecule has 1 saturated carbocycles. The van der Waals surface area contributed by atoms with Crippen molar-refractivity contribution in [3.63, 3.8) is 0 Å². The Hall–Kier alpha value is 2.80. The Bertz CT molecular complexity index is 811. The standard InChI is InChI=1S/C21H22Br8/c1-4-16(5-2)17(6-3,13-10-8-7-9-11-13)14-12-15(22)19(24,25)21(28,29)18(14,23)20(16,26)27/h7-12,15H,4-6H2,1-3H3. The van der Waals surface area contributed by atoms with Crippen LogP contribution in [0.1, 0.15) is 45.6 Å². The summed E-state index contributed by atoms with van der Waals surface area (Å²) in [5.74, 6) is 0. The predicted molar refractivity (Wildman–Crippen MR) is 156 cm³/mol. The molecule has 1 aromatic carbocycles. The first-order chi connectivity index (χ1) is 13.3. The van der Waals surface area contributed by atoms with Crippen molar-refractivity contribution in [3.8, 4) is 0 Å². The maximum Gasteiger partial charge on any atom is 0.128 e. The molecule has 1 aromatic rings. The lowest BCUT2D eigenvalue weighted by atomic mass is 9.56. The minimum atomic E-state index is -0.577. The van der Waals surface area contributed by atoms with Gasteiger partial charge in [-0.05, 0) is 30.4 Å². The SMILES string of the molecule is CCC1(c2ccccc2)C2=CC(Br)C(Br)(Br)C(Br)(Br)C2(Br)C(Br)(Br)C1(CC)CC. The largest absolute Gasteiger partial charge is 0.128 e. The van der Waals surface area contributed by atoms with E-state index < -0.39 is 14.0 Å². The van der Waals surface area contributed by atoms with Crippen molar-refractivity contribution in [2.75, 3.05) is 0 Å². The van der Waals surface area contributed by atoms with Gasteiger partial charge in [0.1, 0.15) is 14.0 Å². The first-order valence-corrected chi connectivity index (χ1v) is 16.0. The lowest BCUT2D eigenvalue weighted by Crippen LogP contribution is -2.64. The Morgan fingerprint density at radius 2 is 1.28 bits per heavy atom. The molecule has 0 spiro atoms. The molecule has 0 radical (unpaired) electrons. The van der Waals surface area contributed by atoms with E-state index in [1.54, 1.807) is 0 Å². The van der Waals surface area contributed by atoms with Crippen molar-refractivity contribution >= 4 is 127 Å². The van der Waals surface area contributed by atoms with Gasteiger partial charge in [-0.2, -0.15) is 0 Å². The summed E-state index contributed by atoms with van der Waals surface area (Å²) in [6.07, 6.45) is 5.39. The average Bonchev–Trinajstić information content (AvgIpc) is 2.81. The molecular formula is C21H22Br8. The number of hydrogen-bond donors (Lipinski definition) is 0. The minimum absolute atomic E-state index is 0.0457. The molecule has 1 fully saturated rings. The van der Waals surface area contributed by atoms with Crippen molar-refractivity contribution in [3.05, 3.63) is 47.5 Å². The second kappa shape index (κ2) is 8.48. The highest BCUT2D eigenvalue weighted by atomic mass is 79.9. The molecular weight excluding hydrogens is 891 g/mol. The summed E-state index contributed by atoms with van der Waals surface area (Å²) in [6.45, 7) is 6.95. The summed E-state index contributed by atoms with van der Waals surface area (Å²) in [7, 11) is 0. The van der Waals surface area contributed by atoms with Crippen LogP contribution in [0.25, 0.3) is 0 Å². The summed E-state index contributed by atoms with van der Waals surface area (Å²) in [5, 5.41) is 0. The van der Waals surface area contributed by atoms with E-state index in [0.717, 1.165) is 19.3 Å². The average molecular weight is 914 g/mol. The number of benzene rings is 1. The molecule has 162 valence electrons. The van der Waals surface area contributed by atoms with Crippen LogP contribution in [0.3, 0.4) is 0 Å². The number of fused-ring (bicyclic) bond motifs is 1. The molecule has 2 aliphatic carbocycles. The van der Waals surface area contributed by atoms with Gasteiger partial charge in [0.15, 0.2) is 0 Å². The monoisotopic (exact) mass is 906 g/mol. The van der Waals surface area contributed by atoms with Crippen LogP contribution in [0, 0.1) is 5.41 Å². The summed E-state index contributed by atoms with van der Waals surface area (Å²) >= 11 is 32.9. The molecule has 29 heavy (non-hydrogen) atoms. The molecule has 3 unspecified atom stereocenters. The first kappa shape index (κ1) is 26.4. The molecule has 8 heteroatoms. The quantitative estimate of drug-likeness (QED) is 0.209. The zero-order valence-electron chi connectivity index (χ0n) is 16.2. The van der Waals surface area contributed by atoms with E-state index in [9.17, 15) is 0 Å². The van der Waals surface area contributed by atoms with Gasteiger partial charge in [0.25, 0.3) is 0 Å². The molecule has 0 heterocycles. The molecule has 3 rings (SSSR count). The lowest BCUT2D eigenvalue weighted by molar-refractivity contribution is 0.150. The summed E-state index contributed by atoms with van der Waals surface area (Å²) in [5.41, 5.74) is 2.44. The number of halogens is 8. The molecule has 2 aliphatic rings. The van der Waals surface area contributed by atoms with Crippen LogP contribution >= 0.6 is 127 Å². The Morgan fingerprint density at radius 1 is 0.759 bits per heavy atom. The van der Waals surface area contributed by atoms with Gasteiger partial charge >= 0.3 is 0 Å². The third-order valence-corrected chi connectivity index (χ3v) is 22.6. The first-order valence-electron chi connectivity index (χ1n) is 9.54. The van der Waals surface area contributed by atoms with Crippen LogP contribution in [-0.4, -0.2) is 18.9 Å². The fraction of sp³-hybridized carbons (Fsp3) is 0.619. The van der Waals surface area contributed by atoms with Crippen molar-refractivity contribution in [2.45, 2.75) is 64.3 Å². The third kappa shape index (κ3) is 2.97. The van der Waals surface area contributed by atoms with Crippen LogP contribution in [0.4, 0.5) is 0 Å². The van der Waals surface area contributed by atoms with Crippen LogP contribution in [0.15, 0.2) is 42.0 Å².